The second-order valence-corrected chi connectivity index (χ2v) is 4.54. The van der Waals surface area contributed by atoms with E-state index in [1.54, 1.807) is 24.3 Å². The van der Waals surface area contributed by atoms with E-state index < -0.39 is 24.7 Å². The molecule has 0 fully saturated rings. The van der Waals surface area contributed by atoms with Crippen LogP contribution in [0.4, 0.5) is 13.2 Å². The van der Waals surface area contributed by atoms with Crippen LogP contribution < -0.4 is 4.74 Å². The number of nitrogens with zero attached hydrogens (tertiary/aromatic N) is 1. The largest absolute Gasteiger partial charge is 0.480 e. The number of rotatable bonds is 4. The second-order valence-electron chi connectivity index (χ2n) is 4.54. The predicted molar refractivity (Wildman–Crippen MR) is 67.4 cm³/mol. The number of ether oxygens (including phenoxy) is 1. The average molecular weight is 285 g/mol. The molecule has 0 unspecified atom stereocenters. The van der Waals surface area contributed by atoms with E-state index in [-0.39, 0.29) is 6.54 Å². The summed E-state index contributed by atoms with van der Waals surface area (Å²) in [5.74, 6) is -0.116. The van der Waals surface area contributed by atoms with Gasteiger partial charge < -0.3 is 9.64 Å². The normalized spacial score (nSPS) is 17.2. The SMILES string of the molecule is C=CCN(CC(F)(F)F)C(=O)[C@H]1Cc2ccccc2O1. The van der Waals surface area contributed by atoms with Crippen LogP contribution in [0.1, 0.15) is 5.56 Å². The summed E-state index contributed by atoms with van der Waals surface area (Å²) >= 11 is 0. The monoisotopic (exact) mass is 285 g/mol. The van der Waals surface area contributed by atoms with Crippen molar-refractivity contribution in [3.05, 3.63) is 42.5 Å². The molecule has 108 valence electrons. The Kier molecular flexibility index (Phi) is 4.01. The van der Waals surface area contributed by atoms with Gasteiger partial charge in [0.25, 0.3) is 5.91 Å². The fourth-order valence-corrected chi connectivity index (χ4v) is 2.13. The second kappa shape index (κ2) is 5.56. The van der Waals surface area contributed by atoms with Crippen LogP contribution in [0.5, 0.6) is 5.75 Å². The lowest BCUT2D eigenvalue weighted by Gasteiger charge is -2.25. The number of amides is 1. The minimum Gasteiger partial charge on any atom is -0.480 e. The molecule has 2 rings (SSSR count). The Bertz CT molecular complexity index is 488. The van der Waals surface area contributed by atoms with Crippen LogP contribution in [0.3, 0.4) is 0 Å². The fraction of sp³-hybridized carbons (Fsp3) is 0.357. The third kappa shape index (κ3) is 3.31. The van der Waals surface area contributed by atoms with Gasteiger partial charge in [0, 0.05) is 13.0 Å². The van der Waals surface area contributed by atoms with E-state index in [4.69, 9.17) is 4.74 Å². The van der Waals surface area contributed by atoms with Crippen LogP contribution in [0.2, 0.25) is 0 Å². The highest BCUT2D eigenvalue weighted by atomic mass is 19.4. The predicted octanol–water partition coefficient (Wildman–Crippen LogP) is 2.57. The van der Waals surface area contributed by atoms with Gasteiger partial charge in [0.2, 0.25) is 0 Å². The molecule has 1 heterocycles. The summed E-state index contributed by atoms with van der Waals surface area (Å²) in [7, 11) is 0. The van der Waals surface area contributed by atoms with Gasteiger partial charge in [0.1, 0.15) is 12.3 Å². The number of carbonyl (C=O) groups is 1. The summed E-state index contributed by atoms with van der Waals surface area (Å²) in [6, 6.07) is 7.05. The standard InChI is InChI=1S/C14H14F3NO2/c1-2-7-18(9-14(15,16)17)13(19)12-8-10-5-3-4-6-11(10)20-12/h2-6,12H,1,7-9H2/t12-/m1/s1. The van der Waals surface area contributed by atoms with Crippen molar-refractivity contribution in [3.63, 3.8) is 0 Å². The summed E-state index contributed by atoms with van der Waals surface area (Å²) in [6.07, 6.45) is -3.77. The van der Waals surface area contributed by atoms with Crippen molar-refractivity contribution in [2.24, 2.45) is 0 Å². The lowest BCUT2D eigenvalue weighted by atomic mass is 10.1. The number of halogens is 3. The molecule has 3 nitrogen and oxygen atoms in total. The van der Waals surface area contributed by atoms with Crippen molar-refractivity contribution in [1.82, 2.24) is 4.90 Å². The third-order valence-corrected chi connectivity index (χ3v) is 2.95. The molecule has 1 aromatic carbocycles. The maximum absolute atomic E-state index is 12.5. The first-order chi connectivity index (χ1) is 9.40. The molecule has 0 aromatic heterocycles. The molecule has 6 heteroatoms. The number of hydrogen-bond acceptors (Lipinski definition) is 2. The number of alkyl halides is 3. The van der Waals surface area contributed by atoms with Crippen LogP contribution in [-0.4, -0.2) is 36.2 Å². The lowest BCUT2D eigenvalue weighted by Crippen LogP contribution is -2.45. The first-order valence-corrected chi connectivity index (χ1v) is 6.11. The molecule has 1 aliphatic rings. The molecule has 0 aliphatic carbocycles. The number of fused-ring (bicyclic) bond motifs is 1. The minimum atomic E-state index is -4.44. The zero-order chi connectivity index (χ0) is 14.8. The number of benzene rings is 1. The molecule has 1 amide bonds. The number of para-hydroxylation sites is 1. The molecule has 0 spiro atoms. The molecule has 1 atom stereocenters. The van der Waals surface area contributed by atoms with Crippen molar-refractivity contribution in [2.75, 3.05) is 13.1 Å². The Balaban J connectivity index is 2.08. The maximum Gasteiger partial charge on any atom is 0.406 e. The van der Waals surface area contributed by atoms with Gasteiger partial charge in [0.15, 0.2) is 6.10 Å². The Morgan fingerprint density at radius 1 is 1.45 bits per heavy atom. The highest BCUT2D eigenvalue weighted by Crippen LogP contribution is 2.29. The molecule has 0 radical (unpaired) electrons. The van der Waals surface area contributed by atoms with E-state index >= 15 is 0 Å². The van der Waals surface area contributed by atoms with Crippen molar-refractivity contribution < 1.29 is 22.7 Å². The molecular formula is C14H14F3NO2. The Labute approximate surface area is 114 Å². The molecular weight excluding hydrogens is 271 g/mol. The van der Waals surface area contributed by atoms with Gasteiger partial charge in [-0.05, 0) is 11.6 Å². The van der Waals surface area contributed by atoms with Crippen molar-refractivity contribution in [1.29, 1.82) is 0 Å². The zero-order valence-corrected chi connectivity index (χ0v) is 10.7. The molecule has 0 bridgehead atoms. The van der Waals surface area contributed by atoms with E-state index in [0.29, 0.717) is 17.1 Å². The quantitative estimate of drug-likeness (QED) is 0.796. The van der Waals surface area contributed by atoms with Crippen molar-refractivity contribution >= 4 is 5.91 Å². The Morgan fingerprint density at radius 2 is 2.15 bits per heavy atom. The summed E-state index contributed by atoms with van der Waals surface area (Å²) in [5, 5.41) is 0. The van der Waals surface area contributed by atoms with E-state index in [1.165, 1.54) is 6.08 Å². The van der Waals surface area contributed by atoms with E-state index in [0.717, 1.165) is 5.56 Å². The smallest absolute Gasteiger partial charge is 0.406 e. The van der Waals surface area contributed by atoms with Gasteiger partial charge >= 0.3 is 6.18 Å². The highest BCUT2D eigenvalue weighted by Gasteiger charge is 2.37. The first-order valence-electron chi connectivity index (χ1n) is 6.11. The lowest BCUT2D eigenvalue weighted by molar-refractivity contribution is -0.163. The maximum atomic E-state index is 12.5. The molecule has 20 heavy (non-hydrogen) atoms. The highest BCUT2D eigenvalue weighted by molar-refractivity contribution is 5.82. The Morgan fingerprint density at radius 3 is 2.75 bits per heavy atom. The van der Waals surface area contributed by atoms with Crippen LogP contribution in [0.25, 0.3) is 0 Å². The first kappa shape index (κ1) is 14.4. The third-order valence-electron chi connectivity index (χ3n) is 2.95. The summed E-state index contributed by atoms with van der Waals surface area (Å²) < 4.78 is 42.8. The minimum absolute atomic E-state index is 0.158. The van der Waals surface area contributed by atoms with Gasteiger partial charge in [-0.1, -0.05) is 24.3 Å². The topological polar surface area (TPSA) is 29.5 Å². The van der Waals surface area contributed by atoms with Crippen LogP contribution >= 0.6 is 0 Å². The Hall–Kier alpha value is -1.98. The van der Waals surface area contributed by atoms with E-state index in [1.807, 2.05) is 0 Å². The average Bonchev–Trinajstić information content (AvgIpc) is 2.79. The van der Waals surface area contributed by atoms with Gasteiger partial charge in [0.05, 0.1) is 0 Å². The van der Waals surface area contributed by atoms with Gasteiger partial charge in [-0.3, -0.25) is 4.79 Å². The summed E-state index contributed by atoms with van der Waals surface area (Å²) in [4.78, 5) is 12.8. The fourth-order valence-electron chi connectivity index (χ4n) is 2.13. The molecule has 0 N–H and O–H groups in total. The summed E-state index contributed by atoms with van der Waals surface area (Å²) in [5.41, 5.74) is 0.830. The molecule has 1 aromatic rings. The summed E-state index contributed by atoms with van der Waals surface area (Å²) in [6.45, 7) is 1.92. The van der Waals surface area contributed by atoms with Crippen molar-refractivity contribution in [3.8, 4) is 5.75 Å². The number of hydrogen-bond donors (Lipinski definition) is 0. The van der Waals surface area contributed by atoms with E-state index in [9.17, 15) is 18.0 Å². The van der Waals surface area contributed by atoms with E-state index in [2.05, 4.69) is 6.58 Å². The zero-order valence-electron chi connectivity index (χ0n) is 10.7. The molecule has 0 saturated heterocycles. The van der Waals surface area contributed by atoms with Crippen LogP contribution in [-0.2, 0) is 11.2 Å². The molecule has 0 saturated carbocycles. The van der Waals surface area contributed by atoms with Gasteiger partial charge in [-0.2, -0.15) is 13.2 Å². The van der Waals surface area contributed by atoms with Gasteiger partial charge in [-0.15, -0.1) is 6.58 Å². The molecule has 1 aliphatic heterocycles. The van der Waals surface area contributed by atoms with Crippen LogP contribution in [0.15, 0.2) is 36.9 Å². The van der Waals surface area contributed by atoms with Gasteiger partial charge in [-0.25, -0.2) is 0 Å². The van der Waals surface area contributed by atoms with Crippen LogP contribution in [0, 0.1) is 0 Å². The van der Waals surface area contributed by atoms with Crippen molar-refractivity contribution in [2.45, 2.75) is 18.7 Å². The number of carbonyl (C=O) groups excluding carboxylic acids is 1.